The van der Waals surface area contributed by atoms with E-state index < -0.39 is 18.7 Å². The van der Waals surface area contributed by atoms with Gasteiger partial charge in [-0.15, -0.1) is 0 Å². The number of amides is 1. The lowest BCUT2D eigenvalue weighted by Gasteiger charge is -2.42. The maximum atomic E-state index is 13.1. The Balaban J connectivity index is 2.05. The summed E-state index contributed by atoms with van der Waals surface area (Å²) in [6, 6.07) is 14.5. The molecule has 2 aromatic carbocycles. The first-order valence-electron chi connectivity index (χ1n) is 8.62. The molecular weight excluding hydrogens is 332 g/mol. The Hall–Kier alpha value is -3.02. The van der Waals surface area contributed by atoms with Crippen LogP contribution in [0.5, 0.6) is 5.75 Å². The number of rotatable bonds is 6. The number of nitrogens with zero attached hydrogens (tertiary/aromatic N) is 1. The second-order valence-corrected chi connectivity index (χ2v) is 6.26. The van der Waals surface area contributed by atoms with Crippen molar-refractivity contribution in [3.63, 3.8) is 0 Å². The molecule has 1 aliphatic heterocycles. The van der Waals surface area contributed by atoms with Crippen LogP contribution in [0.15, 0.2) is 48.5 Å². The topological polar surface area (TPSA) is 81.7 Å². The van der Waals surface area contributed by atoms with Gasteiger partial charge in [-0.1, -0.05) is 37.3 Å². The zero-order valence-electron chi connectivity index (χ0n) is 14.8. The molecule has 1 amide bonds. The summed E-state index contributed by atoms with van der Waals surface area (Å²) in [6.07, 6.45) is 0.332. The highest BCUT2D eigenvalue weighted by atomic mass is 16.5. The Morgan fingerprint density at radius 3 is 2.65 bits per heavy atom. The number of carbonyl (C=O) groups excluding carboxylic acids is 2. The number of fused-ring (bicyclic) bond motifs is 1. The number of carboxylic acids is 1. The maximum Gasteiger partial charge on any atom is 0.258 e. The second kappa shape index (κ2) is 7.47. The predicted molar refractivity (Wildman–Crippen MR) is 95.7 cm³/mol. The Kier molecular flexibility index (Phi) is 5.11. The van der Waals surface area contributed by atoms with E-state index in [2.05, 4.69) is 5.32 Å². The molecule has 0 saturated heterocycles. The van der Waals surface area contributed by atoms with Gasteiger partial charge in [0.05, 0.1) is 11.5 Å². The quantitative estimate of drug-likeness (QED) is 0.861. The minimum absolute atomic E-state index is 0.0115. The third kappa shape index (κ3) is 3.35. The van der Waals surface area contributed by atoms with E-state index in [1.165, 1.54) is 0 Å². The molecule has 136 valence electrons. The largest absolute Gasteiger partial charge is 0.546 e. The van der Waals surface area contributed by atoms with Crippen molar-refractivity contribution in [2.45, 2.75) is 32.5 Å². The van der Waals surface area contributed by atoms with Gasteiger partial charge in [-0.2, -0.15) is 0 Å². The molecule has 0 aliphatic carbocycles. The van der Waals surface area contributed by atoms with Gasteiger partial charge in [0, 0.05) is 17.3 Å². The number of nitrogens with one attached hydrogen (secondary N) is 1. The second-order valence-electron chi connectivity index (χ2n) is 6.26. The first kappa shape index (κ1) is 17.8. The number of benzene rings is 2. The summed E-state index contributed by atoms with van der Waals surface area (Å²) in [5.41, 5.74) is 2.07. The van der Waals surface area contributed by atoms with E-state index in [0.29, 0.717) is 16.9 Å². The SMILES string of the molecule is CC[C@H](C)N1C(=O)c2ccccc2N[C@H]1c1ccccc1OCC(=O)[O-]. The standard InChI is InChI=1S/C20H22N2O4/c1-3-13(2)22-19(21-16-10-6-4-8-14(16)20(22)25)15-9-5-7-11-17(15)26-12-18(23)24/h4-11,13,19,21H,3,12H2,1-2H3,(H,23,24)/p-1/t13-,19+/m0/s1. The maximum absolute atomic E-state index is 13.1. The highest BCUT2D eigenvalue weighted by Gasteiger charge is 2.36. The van der Waals surface area contributed by atoms with Crippen LogP contribution in [0, 0.1) is 0 Å². The van der Waals surface area contributed by atoms with Gasteiger partial charge in [0.1, 0.15) is 18.5 Å². The molecule has 1 aliphatic rings. The van der Waals surface area contributed by atoms with Gasteiger partial charge in [-0.3, -0.25) is 4.79 Å². The van der Waals surface area contributed by atoms with Crippen molar-refractivity contribution in [2.75, 3.05) is 11.9 Å². The average molecular weight is 353 g/mol. The van der Waals surface area contributed by atoms with E-state index in [9.17, 15) is 14.7 Å². The number of hydrogen-bond donors (Lipinski definition) is 1. The van der Waals surface area contributed by atoms with Crippen LogP contribution in [-0.4, -0.2) is 29.4 Å². The molecule has 2 aromatic rings. The molecule has 0 aromatic heterocycles. The normalized spacial score (nSPS) is 17.2. The van der Waals surface area contributed by atoms with Crippen molar-refractivity contribution in [2.24, 2.45) is 0 Å². The molecule has 1 N–H and O–H groups in total. The molecule has 0 saturated carbocycles. The van der Waals surface area contributed by atoms with Gasteiger partial charge < -0.3 is 24.9 Å². The van der Waals surface area contributed by atoms with Crippen LogP contribution in [0.25, 0.3) is 0 Å². The lowest BCUT2D eigenvalue weighted by molar-refractivity contribution is -0.307. The van der Waals surface area contributed by atoms with Gasteiger partial charge in [-0.05, 0) is 31.5 Å². The fraction of sp³-hybridized carbons (Fsp3) is 0.300. The lowest BCUT2D eigenvalue weighted by Crippen LogP contribution is -2.47. The fourth-order valence-electron chi connectivity index (χ4n) is 3.12. The Morgan fingerprint density at radius 1 is 1.23 bits per heavy atom. The number of ether oxygens (including phenoxy) is 1. The Bertz CT molecular complexity index is 821. The van der Waals surface area contributed by atoms with Crippen LogP contribution < -0.4 is 15.2 Å². The summed E-state index contributed by atoms with van der Waals surface area (Å²) < 4.78 is 5.40. The van der Waals surface area contributed by atoms with Crippen LogP contribution in [0.1, 0.15) is 42.4 Å². The van der Waals surface area contributed by atoms with Crippen LogP contribution >= 0.6 is 0 Å². The predicted octanol–water partition coefficient (Wildman–Crippen LogP) is 2.18. The van der Waals surface area contributed by atoms with Crippen LogP contribution in [0.2, 0.25) is 0 Å². The molecule has 0 unspecified atom stereocenters. The zero-order chi connectivity index (χ0) is 18.7. The van der Waals surface area contributed by atoms with Crippen LogP contribution in [0.4, 0.5) is 5.69 Å². The van der Waals surface area contributed by atoms with Crippen LogP contribution in [-0.2, 0) is 4.79 Å². The summed E-state index contributed by atoms with van der Waals surface area (Å²) in [4.78, 5) is 25.7. The van der Waals surface area contributed by atoms with Crippen molar-refractivity contribution in [1.29, 1.82) is 0 Å². The molecule has 0 spiro atoms. The van der Waals surface area contributed by atoms with Gasteiger partial charge >= 0.3 is 0 Å². The van der Waals surface area contributed by atoms with E-state index in [0.717, 1.165) is 12.1 Å². The number of hydrogen-bond acceptors (Lipinski definition) is 5. The molecule has 26 heavy (non-hydrogen) atoms. The van der Waals surface area contributed by atoms with Crippen molar-refractivity contribution in [3.8, 4) is 5.75 Å². The summed E-state index contributed by atoms with van der Waals surface area (Å²) in [5, 5.41) is 14.2. The smallest absolute Gasteiger partial charge is 0.258 e. The molecule has 2 atom stereocenters. The molecule has 6 heteroatoms. The minimum atomic E-state index is -1.29. The van der Waals surface area contributed by atoms with Crippen LogP contribution in [0.3, 0.4) is 0 Å². The van der Waals surface area contributed by atoms with E-state index in [4.69, 9.17) is 4.74 Å². The summed E-state index contributed by atoms with van der Waals surface area (Å²) in [5.74, 6) is -0.945. The van der Waals surface area contributed by atoms with Gasteiger partial charge in [-0.25, -0.2) is 0 Å². The third-order valence-electron chi connectivity index (χ3n) is 4.59. The Morgan fingerprint density at radius 2 is 1.92 bits per heavy atom. The van der Waals surface area contributed by atoms with Crippen molar-refractivity contribution < 1.29 is 19.4 Å². The van der Waals surface area contributed by atoms with Crippen molar-refractivity contribution in [1.82, 2.24) is 4.90 Å². The van der Waals surface area contributed by atoms with E-state index in [1.807, 2.05) is 44.2 Å². The zero-order valence-corrected chi connectivity index (χ0v) is 14.8. The molecule has 0 bridgehead atoms. The number of carbonyl (C=O) groups is 2. The van der Waals surface area contributed by atoms with Crippen molar-refractivity contribution >= 4 is 17.6 Å². The number of aliphatic carboxylic acids is 1. The van der Waals surface area contributed by atoms with E-state index >= 15 is 0 Å². The highest BCUT2D eigenvalue weighted by Crippen LogP contribution is 2.38. The number of anilines is 1. The Labute approximate surface area is 152 Å². The van der Waals surface area contributed by atoms with Gasteiger partial charge in [0.2, 0.25) is 0 Å². The molecular formula is C20H21N2O4-. The van der Waals surface area contributed by atoms with E-state index in [1.54, 1.807) is 23.1 Å². The monoisotopic (exact) mass is 353 g/mol. The fourth-order valence-corrected chi connectivity index (χ4v) is 3.12. The molecule has 0 radical (unpaired) electrons. The van der Waals surface area contributed by atoms with E-state index in [-0.39, 0.29) is 11.9 Å². The number of para-hydroxylation sites is 2. The summed E-state index contributed by atoms with van der Waals surface area (Å²) >= 11 is 0. The van der Waals surface area contributed by atoms with Gasteiger partial charge in [0.25, 0.3) is 5.91 Å². The number of carboxylic acid groups (broad SMARTS) is 1. The molecule has 6 nitrogen and oxygen atoms in total. The summed E-state index contributed by atoms with van der Waals surface area (Å²) in [7, 11) is 0. The van der Waals surface area contributed by atoms with Gasteiger partial charge in [0.15, 0.2) is 0 Å². The first-order valence-corrected chi connectivity index (χ1v) is 8.62. The highest BCUT2D eigenvalue weighted by molar-refractivity contribution is 6.02. The minimum Gasteiger partial charge on any atom is -0.546 e. The molecule has 0 fully saturated rings. The first-order chi connectivity index (χ1) is 12.5. The molecule has 1 heterocycles. The molecule has 3 rings (SSSR count). The third-order valence-corrected chi connectivity index (χ3v) is 4.59. The van der Waals surface area contributed by atoms with Crippen molar-refractivity contribution in [3.05, 3.63) is 59.7 Å². The summed E-state index contributed by atoms with van der Waals surface area (Å²) in [6.45, 7) is 3.47. The average Bonchev–Trinajstić information content (AvgIpc) is 2.66. The lowest BCUT2D eigenvalue weighted by atomic mass is 10.0.